The summed E-state index contributed by atoms with van der Waals surface area (Å²) >= 11 is 6.30. The number of nitrogens with zero attached hydrogens (tertiary/aromatic N) is 4. The summed E-state index contributed by atoms with van der Waals surface area (Å²) in [5, 5.41) is 5.83. The Labute approximate surface area is 282 Å². The second-order valence-electron chi connectivity index (χ2n) is 13.1. The number of para-hydroxylation sites is 2. The number of alkyl halides is 3. The molecule has 10 nitrogen and oxygen atoms in total. The number of aromatic amines is 1. The van der Waals surface area contributed by atoms with Crippen molar-refractivity contribution in [2.45, 2.75) is 56.8 Å². The Morgan fingerprint density at radius 3 is 2.31 bits per heavy atom. The normalized spacial score (nSPS) is 19.5. The maximum atomic E-state index is 14.1. The highest BCUT2D eigenvalue weighted by Gasteiger charge is 2.37. The number of aromatic nitrogens is 2. The van der Waals surface area contributed by atoms with Gasteiger partial charge in [0.25, 0.3) is 0 Å². The summed E-state index contributed by atoms with van der Waals surface area (Å²) in [5.74, 6) is -1.30. The number of piperidine rings is 2. The number of amides is 2. The van der Waals surface area contributed by atoms with Crippen LogP contribution >= 0.6 is 11.6 Å². The average molecular weight is 690 g/mol. The molecule has 0 spiro atoms. The Kier molecular flexibility index (Phi) is 10.4. The molecule has 2 amide bonds. The molecule has 0 unspecified atom stereocenters. The van der Waals surface area contributed by atoms with Crippen molar-refractivity contribution in [3.8, 4) is 0 Å². The fourth-order valence-electron chi connectivity index (χ4n) is 7.68. The van der Waals surface area contributed by atoms with Crippen LogP contribution in [0.15, 0.2) is 41.2 Å². The first kappa shape index (κ1) is 34.3. The lowest BCUT2D eigenvalue weighted by molar-refractivity contribution is -0.143. The van der Waals surface area contributed by atoms with Crippen LogP contribution in [0.4, 0.5) is 18.9 Å². The van der Waals surface area contributed by atoms with Crippen LogP contribution in [0.1, 0.15) is 49.3 Å². The average Bonchev–Trinajstić information content (AvgIpc) is 3.43. The zero-order valence-corrected chi connectivity index (χ0v) is 27.9. The first-order valence-electron chi connectivity index (χ1n) is 16.8. The maximum absolute atomic E-state index is 14.1. The molecule has 4 heterocycles. The lowest BCUT2D eigenvalue weighted by Crippen LogP contribution is -2.55. The maximum Gasteiger partial charge on any atom is 0.418 e. The van der Waals surface area contributed by atoms with Gasteiger partial charge in [-0.2, -0.15) is 13.2 Å². The van der Waals surface area contributed by atoms with Gasteiger partial charge < -0.3 is 25.4 Å². The largest absolute Gasteiger partial charge is 0.418 e. The van der Waals surface area contributed by atoms with Crippen LogP contribution in [0.3, 0.4) is 0 Å². The molecule has 6 rings (SSSR count). The lowest BCUT2D eigenvalue weighted by atomic mass is 9.91. The zero-order valence-electron chi connectivity index (χ0n) is 27.1. The molecule has 0 radical (unpaired) electrons. The third kappa shape index (κ3) is 7.37. The third-order valence-electron chi connectivity index (χ3n) is 10.2. The highest BCUT2D eigenvalue weighted by Crippen LogP contribution is 2.40. The highest BCUT2D eigenvalue weighted by molar-refractivity contribution is 6.33. The van der Waals surface area contributed by atoms with E-state index in [4.69, 9.17) is 11.6 Å². The van der Waals surface area contributed by atoms with Crippen LogP contribution in [0.2, 0.25) is 5.02 Å². The lowest BCUT2D eigenvalue weighted by Gasteiger charge is -2.41. The summed E-state index contributed by atoms with van der Waals surface area (Å²) in [6.07, 6.45) is -1.58. The van der Waals surface area contributed by atoms with E-state index in [9.17, 15) is 27.6 Å². The standard InChI is InChI=1S/C34H43ClF3N7O3/c1-39-31-26(34(36,37)38)19-22(20-27(31)35)18-23(32(47)44-16-14-42(15-17-44)24-6-10-40-11-7-24)21-30(46)43-12-8-25(9-13-43)45-29-5-3-2-4-28(29)41-33(45)48/h2-5,19-20,23-25,39-40H,6-18,21H2,1H3,(H,41,48)/t23-/m0/s1. The van der Waals surface area contributed by atoms with Crippen molar-refractivity contribution in [3.63, 3.8) is 0 Å². The van der Waals surface area contributed by atoms with Crippen molar-refractivity contribution < 1.29 is 22.8 Å². The molecular formula is C34H43ClF3N7O3. The molecule has 3 saturated heterocycles. The van der Waals surface area contributed by atoms with Gasteiger partial charge in [-0.05, 0) is 75.0 Å². The molecule has 2 aromatic carbocycles. The van der Waals surface area contributed by atoms with Gasteiger partial charge in [-0.15, -0.1) is 0 Å². The molecule has 3 fully saturated rings. The number of fused-ring (bicyclic) bond motifs is 1. The van der Waals surface area contributed by atoms with E-state index in [1.807, 2.05) is 24.3 Å². The van der Waals surface area contributed by atoms with Gasteiger partial charge in [0.2, 0.25) is 11.8 Å². The van der Waals surface area contributed by atoms with Gasteiger partial charge in [0.15, 0.2) is 0 Å². The van der Waals surface area contributed by atoms with Crippen LogP contribution in [0.25, 0.3) is 11.0 Å². The van der Waals surface area contributed by atoms with Crippen LogP contribution in [-0.4, -0.2) is 102 Å². The van der Waals surface area contributed by atoms with E-state index in [-0.39, 0.29) is 52.7 Å². The van der Waals surface area contributed by atoms with Crippen molar-refractivity contribution in [1.29, 1.82) is 0 Å². The van der Waals surface area contributed by atoms with Crippen LogP contribution in [-0.2, 0) is 22.2 Å². The summed E-state index contributed by atoms with van der Waals surface area (Å²) in [5.41, 5.74) is 0.513. The number of carbonyl (C=O) groups excluding carboxylic acids is 2. The molecule has 3 aliphatic rings. The Balaban J connectivity index is 1.17. The van der Waals surface area contributed by atoms with E-state index in [0.29, 0.717) is 45.1 Å². The Morgan fingerprint density at radius 1 is 0.958 bits per heavy atom. The summed E-state index contributed by atoms with van der Waals surface area (Å²) in [7, 11) is 1.38. The molecule has 3 aliphatic heterocycles. The van der Waals surface area contributed by atoms with E-state index in [1.165, 1.54) is 13.1 Å². The van der Waals surface area contributed by atoms with Crippen LogP contribution < -0.4 is 16.3 Å². The number of anilines is 1. The van der Waals surface area contributed by atoms with Gasteiger partial charge in [0.1, 0.15) is 0 Å². The Bertz CT molecular complexity index is 1670. The topological polar surface area (TPSA) is 106 Å². The molecule has 0 aliphatic carbocycles. The second kappa shape index (κ2) is 14.5. The van der Waals surface area contributed by atoms with Gasteiger partial charge in [-0.1, -0.05) is 23.7 Å². The molecule has 3 N–H and O–H groups in total. The van der Waals surface area contributed by atoms with Gasteiger partial charge in [0, 0.05) is 64.8 Å². The predicted octanol–water partition coefficient (Wildman–Crippen LogP) is 4.35. The van der Waals surface area contributed by atoms with Crippen molar-refractivity contribution in [1.82, 2.24) is 29.6 Å². The number of H-pyrrole nitrogens is 1. The fourth-order valence-corrected chi connectivity index (χ4v) is 8.01. The van der Waals surface area contributed by atoms with Crippen molar-refractivity contribution in [2.75, 3.05) is 64.7 Å². The number of carbonyl (C=O) groups is 2. The summed E-state index contributed by atoms with van der Waals surface area (Å²) in [6.45, 7) is 5.21. The quantitative estimate of drug-likeness (QED) is 0.325. The van der Waals surface area contributed by atoms with E-state index in [1.54, 1.807) is 14.4 Å². The number of likely N-dealkylation sites (tertiary alicyclic amines) is 1. The molecule has 1 atom stereocenters. The number of imidazole rings is 1. The van der Waals surface area contributed by atoms with Crippen molar-refractivity contribution >= 4 is 40.1 Å². The van der Waals surface area contributed by atoms with E-state index < -0.39 is 17.7 Å². The smallest absolute Gasteiger partial charge is 0.386 e. The Hall–Kier alpha value is -3.55. The summed E-state index contributed by atoms with van der Waals surface area (Å²) in [4.78, 5) is 49.4. The SMILES string of the molecule is CNc1c(Cl)cc(C[C@@H](CC(=O)N2CCC(n3c(=O)[nH]c4ccccc43)CC2)C(=O)N2CCN(C3CCNCC3)CC2)cc1C(F)(F)F. The van der Waals surface area contributed by atoms with Crippen LogP contribution in [0, 0.1) is 5.92 Å². The Morgan fingerprint density at radius 2 is 1.65 bits per heavy atom. The minimum Gasteiger partial charge on any atom is -0.386 e. The van der Waals surface area contributed by atoms with Gasteiger partial charge in [-0.25, -0.2) is 4.79 Å². The molecule has 260 valence electrons. The van der Waals surface area contributed by atoms with Gasteiger partial charge in [-0.3, -0.25) is 19.1 Å². The van der Waals surface area contributed by atoms with Gasteiger partial charge in [0.05, 0.1) is 33.2 Å². The number of hydrogen-bond donors (Lipinski definition) is 3. The first-order chi connectivity index (χ1) is 23.0. The number of halogens is 4. The summed E-state index contributed by atoms with van der Waals surface area (Å²) < 4.78 is 43.8. The third-order valence-corrected chi connectivity index (χ3v) is 10.5. The zero-order chi connectivity index (χ0) is 34.0. The van der Waals surface area contributed by atoms with Crippen molar-refractivity contribution in [2.24, 2.45) is 5.92 Å². The molecule has 1 aromatic heterocycles. The van der Waals surface area contributed by atoms with Crippen LogP contribution in [0.5, 0.6) is 0 Å². The number of rotatable bonds is 8. The monoisotopic (exact) mass is 689 g/mol. The summed E-state index contributed by atoms with van der Waals surface area (Å²) in [6, 6.07) is 10.4. The minimum atomic E-state index is -4.66. The molecule has 48 heavy (non-hydrogen) atoms. The second-order valence-corrected chi connectivity index (χ2v) is 13.5. The predicted molar refractivity (Wildman–Crippen MR) is 179 cm³/mol. The molecule has 0 saturated carbocycles. The fraction of sp³-hybridized carbons (Fsp3) is 0.559. The number of benzene rings is 2. The number of piperazine rings is 1. The molecule has 0 bridgehead atoms. The number of nitrogens with one attached hydrogen (secondary N) is 3. The van der Waals surface area contributed by atoms with E-state index in [2.05, 4.69) is 20.5 Å². The van der Waals surface area contributed by atoms with E-state index in [0.717, 1.165) is 56.1 Å². The van der Waals surface area contributed by atoms with Crippen molar-refractivity contribution in [3.05, 3.63) is 63.0 Å². The first-order valence-corrected chi connectivity index (χ1v) is 17.2. The minimum absolute atomic E-state index is 0.0485. The highest BCUT2D eigenvalue weighted by atomic mass is 35.5. The molecular weight excluding hydrogens is 647 g/mol. The van der Waals surface area contributed by atoms with E-state index >= 15 is 0 Å². The van der Waals surface area contributed by atoms with Gasteiger partial charge >= 0.3 is 11.9 Å². The molecule has 14 heteroatoms. The molecule has 3 aromatic rings. The number of hydrogen-bond acceptors (Lipinski definition) is 6.